The molecule has 31 heavy (non-hydrogen) atoms. The Bertz CT molecular complexity index is 839. The van der Waals surface area contributed by atoms with Crippen LogP contribution in [0.1, 0.15) is 48.5 Å². The average molecular weight is 451 g/mol. The number of cyclic esters (lactones) is 1. The third-order valence-electron chi connectivity index (χ3n) is 7.11. The molecule has 2 aliphatic rings. The van der Waals surface area contributed by atoms with Gasteiger partial charge in [0, 0.05) is 5.46 Å². The number of rotatable bonds is 5. The molecule has 0 aromatic heterocycles. The number of benzene rings is 1. The van der Waals surface area contributed by atoms with Crippen molar-refractivity contribution >= 4 is 32.7 Å². The van der Waals surface area contributed by atoms with Gasteiger partial charge in [0.05, 0.1) is 30.0 Å². The molecule has 0 spiro atoms. The van der Waals surface area contributed by atoms with Gasteiger partial charge in [0.15, 0.2) is 8.32 Å². The van der Waals surface area contributed by atoms with Crippen molar-refractivity contribution in [1.82, 2.24) is 0 Å². The largest absolute Gasteiger partial charge is 0.497 e. The molecule has 3 rings (SSSR count). The predicted molar refractivity (Wildman–Crippen MR) is 123 cm³/mol. The summed E-state index contributed by atoms with van der Waals surface area (Å²) in [6, 6.07) is 4.64. The molecule has 1 amide bonds. The van der Waals surface area contributed by atoms with Gasteiger partial charge in [-0.05, 0) is 58.0 Å². The summed E-state index contributed by atoms with van der Waals surface area (Å²) in [5.41, 5.74) is -0.358. The highest BCUT2D eigenvalue weighted by Crippen LogP contribution is 2.38. The fourth-order valence-corrected chi connectivity index (χ4v) is 4.22. The molecule has 0 aliphatic carbocycles. The second kappa shape index (κ2) is 7.86. The monoisotopic (exact) mass is 451 g/mol. The molecule has 2 aliphatic heterocycles. The van der Waals surface area contributed by atoms with Crippen LogP contribution in [0.3, 0.4) is 0 Å². The van der Waals surface area contributed by atoms with Crippen LogP contribution in [0.15, 0.2) is 18.2 Å². The van der Waals surface area contributed by atoms with Crippen molar-refractivity contribution in [3.63, 3.8) is 0 Å². The molecule has 0 radical (unpaired) electrons. The summed E-state index contributed by atoms with van der Waals surface area (Å²) in [4.78, 5) is 13.9. The van der Waals surface area contributed by atoms with Gasteiger partial charge in [0.1, 0.15) is 11.9 Å². The maximum Gasteiger partial charge on any atom is 0.497 e. The Morgan fingerprint density at radius 3 is 2.29 bits per heavy atom. The molecule has 9 heteroatoms. The molecule has 6 nitrogen and oxygen atoms in total. The molecule has 1 atom stereocenters. The number of hydrogen-bond donors (Lipinski definition) is 0. The van der Waals surface area contributed by atoms with Crippen LogP contribution in [0, 0.1) is 5.82 Å². The molecule has 1 aromatic rings. The van der Waals surface area contributed by atoms with Crippen LogP contribution >= 0.6 is 0 Å². The SMILES string of the molecule is CC1(C)OB(c2ccc(N3CC(CO[Si](C)(C)C(C)(C)C)OC3=O)cc2F)OC1(C)C. The Labute approximate surface area is 186 Å². The van der Waals surface area contributed by atoms with Crippen molar-refractivity contribution in [1.29, 1.82) is 0 Å². The van der Waals surface area contributed by atoms with E-state index in [4.69, 9.17) is 18.5 Å². The summed E-state index contributed by atoms with van der Waals surface area (Å²) in [6.07, 6.45) is -0.876. The number of carbonyl (C=O) groups excluding carboxylic acids is 1. The zero-order chi connectivity index (χ0) is 23.4. The zero-order valence-electron chi connectivity index (χ0n) is 20.2. The Morgan fingerprint density at radius 2 is 1.77 bits per heavy atom. The highest BCUT2D eigenvalue weighted by Gasteiger charge is 2.52. The number of halogens is 1. The van der Waals surface area contributed by atoms with E-state index in [2.05, 4.69) is 33.9 Å². The molecule has 0 N–H and O–H groups in total. The highest BCUT2D eigenvalue weighted by atomic mass is 28.4. The molecular weight excluding hydrogens is 416 g/mol. The topological polar surface area (TPSA) is 57.2 Å². The average Bonchev–Trinajstić information content (AvgIpc) is 3.08. The van der Waals surface area contributed by atoms with Crippen molar-refractivity contribution in [2.45, 2.75) is 83.9 Å². The van der Waals surface area contributed by atoms with Crippen LogP contribution in [0.5, 0.6) is 0 Å². The number of anilines is 1. The molecular formula is C22H35BFNO5Si. The standard InChI is InChI=1S/C22H35BFNO5Si/c1-20(2,3)31(8,9)27-14-16-13-25(19(26)28-16)15-10-11-17(18(24)12-15)23-29-21(4,5)22(6,7)30-23/h10-12,16H,13-14H2,1-9H3. The van der Waals surface area contributed by atoms with E-state index in [1.807, 2.05) is 27.7 Å². The smallest absolute Gasteiger partial charge is 0.442 e. The van der Waals surface area contributed by atoms with Gasteiger partial charge < -0.3 is 18.5 Å². The van der Waals surface area contributed by atoms with E-state index in [-0.39, 0.29) is 11.1 Å². The van der Waals surface area contributed by atoms with Crippen LogP contribution in [-0.2, 0) is 18.5 Å². The van der Waals surface area contributed by atoms with Gasteiger partial charge >= 0.3 is 13.2 Å². The molecule has 1 unspecified atom stereocenters. The van der Waals surface area contributed by atoms with E-state index in [0.29, 0.717) is 24.3 Å². The van der Waals surface area contributed by atoms with Crippen LogP contribution in [0.4, 0.5) is 14.9 Å². The Balaban J connectivity index is 1.69. The third kappa shape index (κ3) is 4.70. The normalized spacial score (nSPS) is 23.4. The molecule has 2 heterocycles. The van der Waals surface area contributed by atoms with Crippen LogP contribution in [-0.4, -0.2) is 52.0 Å². The molecule has 2 fully saturated rings. The van der Waals surface area contributed by atoms with Crippen LogP contribution < -0.4 is 10.4 Å². The van der Waals surface area contributed by atoms with Gasteiger partial charge in [-0.25, -0.2) is 9.18 Å². The van der Waals surface area contributed by atoms with Crippen molar-refractivity contribution < 1.29 is 27.7 Å². The maximum atomic E-state index is 15.0. The van der Waals surface area contributed by atoms with E-state index in [1.165, 1.54) is 11.0 Å². The van der Waals surface area contributed by atoms with Gasteiger partial charge in [0.2, 0.25) is 0 Å². The van der Waals surface area contributed by atoms with Gasteiger partial charge in [0.25, 0.3) is 0 Å². The first-order valence-corrected chi connectivity index (χ1v) is 13.7. The van der Waals surface area contributed by atoms with E-state index in [9.17, 15) is 9.18 Å². The lowest BCUT2D eigenvalue weighted by atomic mass is 9.78. The fraction of sp³-hybridized carbons (Fsp3) is 0.682. The van der Waals surface area contributed by atoms with E-state index in [0.717, 1.165) is 0 Å². The summed E-state index contributed by atoms with van der Waals surface area (Å²) >= 11 is 0. The predicted octanol–water partition coefficient (Wildman–Crippen LogP) is 4.47. The highest BCUT2D eigenvalue weighted by molar-refractivity contribution is 6.74. The minimum Gasteiger partial charge on any atom is -0.442 e. The van der Waals surface area contributed by atoms with Gasteiger partial charge in [-0.15, -0.1) is 0 Å². The van der Waals surface area contributed by atoms with Crippen LogP contribution in [0.2, 0.25) is 18.1 Å². The van der Waals surface area contributed by atoms with Crippen LogP contribution in [0.25, 0.3) is 0 Å². The summed E-state index contributed by atoms with van der Waals surface area (Å²) in [5.74, 6) is -0.482. The summed E-state index contributed by atoms with van der Waals surface area (Å²) in [6.45, 7) is 19.2. The minimum absolute atomic E-state index is 0.0712. The lowest BCUT2D eigenvalue weighted by molar-refractivity contribution is 0.00578. The third-order valence-corrected chi connectivity index (χ3v) is 11.6. The van der Waals surface area contributed by atoms with Gasteiger partial charge in [-0.2, -0.15) is 0 Å². The first-order chi connectivity index (χ1) is 14.0. The molecule has 172 valence electrons. The summed E-state index contributed by atoms with van der Waals surface area (Å²) in [5, 5.41) is 0.0712. The second-order valence-electron chi connectivity index (χ2n) is 11.0. The maximum absolute atomic E-state index is 15.0. The number of carbonyl (C=O) groups is 1. The van der Waals surface area contributed by atoms with E-state index in [1.54, 1.807) is 12.1 Å². The Kier molecular flexibility index (Phi) is 6.15. The number of amides is 1. The lowest BCUT2D eigenvalue weighted by Gasteiger charge is -2.36. The summed E-state index contributed by atoms with van der Waals surface area (Å²) in [7, 11) is -2.74. The lowest BCUT2D eigenvalue weighted by Crippen LogP contribution is -2.43. The quantitative estimate of drug-likeness (QED) is 0.619. The Hall–Kier alpha value is -1.42. The molecule has 1 aromatic carbocycles. The zero-order valence-corrected chi connectivity index (χ0v) is 21.2. The molecule has 0 saturated carbocycles. The number of nitrogens with zero attached hydrogens (tertiary/aromatic N) is 1. The van der Waals surface area contributed by atoms with E-state index < -0.39 is 38.5 Å². The number of hydrogen-bond acceptors (Lipinski definition) is 5. The first-order valence-electron chi connectivity index (χ1n) is 10.8. The molecule has 2 saturated heterocycles. The van der Waals surface area contributed by atoms with Crippen molar-refractivity contribution in [2.24, 2.45) is 0 Å². The minimum atomic E-state index is -1.95. The Morgan fingerprint density at radius 1 is 1.19 bits per heavy atom. The summed E-state index contributed by atoms with van der Waals surface area (Å²) < 4.78 is 38.5. The first kappa shape index (κ1) is 24.2. The van der Waals surface area contributed by atoms with Crippen molar-refractivity contribution in [3.05, 3.63) is 24.0 Å². The second-order valence-corrected chi connectivity index (χ2v) is 15.8. The van der Waals surface area contributed by atoms with E-state index >= 15 is 0 Å². The molecule has 0 bridgehead atoms. The van der Waals surface area contributed by atoms with Crippen molar-refractivity contribution in [3.8, 4) is 0 Å². The van der Waals surface area contributed by atoms with Crippen molar-refractivity contribution in [2.75, 3.05) is 18.1 Å². The number of ether oxygens (including phenoxy) is 1. The van der Waals surface area contributed by atoms with Gasteiger partial charge in [-0.3, -0.25) is 4.90 Å². The van der Waals surface area contributed by atoms with Gasteiger partial charge in [-0.1, -0.05) is 26.8 Å². The fourth-order valence-electron chi connectivity index (χ4n) is 3.18.